The van der Waals surface area contributed by atoms with Crippen molar-refractivity contribution in [1.29, 1.82) is 0 Å². The van der Waals surface area contributed by atoms with Crippen LogP contribution in [0.1, 0.15) is 58.3 Å². The van der Waals surface area contributed by atoms with E-state index in [1.54, 1.807) is 0 Å². The number of likely N-dealkylation sites (tertiary alicyclic amines) is 1. The molecule has 4 heteroatoms. The molecule has 0 aromatic carbocycles. The Morgan fingerprint density at radius 2 is 2.05 bits per heavy atom. The fourth-order valence-corrected chi connectivity index (χ4v) is 3.59. The average molecular weight is 281 g/mol. The van der Waals surface area contributed by atoms with E-state index >= 15 is 0 Å². The Hall–Kier alpha value is -0.610. The predicted molar refractivity (Wildman–Crippen MR) is 82.4 cm³/mol. The van der Waals surface area contributed by atoms with Gasteiger partial charge in [-0.1, -0.05) is 12.8 Å². The van der Waals surface area contributed by atoms with Crippen molar-refractivity contribution in [3.05, 3.63) is 0 Å². The van der Waals surface area contributed by atoms with E-state index in [9.17, 15) is 4.79 Å². The minimum atomic E-state index is 0.218. The first-order chi connectivity index (χ1) is 9.65. The van der Waals surface area contributed by atoms with Gasteiger partial charge in [0.05, 0.1) is 0 Å². The maximum Gasteiger partial charge on any atom is 0.220 e. The van der Waals surface area contributed by atoms with Gasteiger partial charge in [0.25, 0.3) is 0 Å². The quantitative estimate of drug-likeness (QED) is 0.781. The summed E-state index contributed by atoms with van der Waals surface area (Å²) in [5, 5.41) is 3.10. The van der Waals surface area contributed by atoms with E-state index in [1.807, 2.05) is 0 Å². The van der Waals surface area contributed by atoms with Crippen molar-refractivity contribution in [3.63, 3.8) is 0 Å². The van der Waals surface area contributed by atoms with Gasteiger partial charge in [0.2, 0.25) is 5.91 Å². The lowest BCUT2D eigenvalue weighted by molar-refractivity contribution is -0.121. The molecule has 1 saturated carbocycles. The van der Waals surface area contributed by atoms with Crippen molar-refractivity contribution >= 4 is 5.91 Å². The molecule has 4 nitrogen and oxygen atoms in total. The first kappa shape index (κ1) is 15.8. The SMILES string of the molecule is CC(CNC(=O)CCC1CCCC(N)C1)N1CCCC1. The number of rotatable bonds is 6. The second kappa shape index (κ2) is 7.99. The Morgan fingerprint density at radius 3 is 2.75 bits per heavy atom. The minimum absolute atomic E-state index is 0.218. The smallest absolute Gasteiger partial charge is 0.220 e. The number of hydrogen-bond donors (Lipinski definition) is 2. The van der Waals surface area contributed by atoms with Gasteiger partial charge in [0, 0.05) is 25.0 Å². The van der Waals surface area contributed by atoms with Crippen LogP contribution >= 0.6 is 0 Å². The van der Waals surface area contributed by atoms with Gasteiger partial charge in [-0.05, 0) is 58.0 Å². The maximum atomic E-state index is 11.9. The van der Waals surface area contributed by atoms with Crippen LogP contribution in [0.3, 0.4) is 0 Å². The molecule has 20 heavy (non-hydrogen) atoms. The van der Waals surface area contributed by atoms with E-state index in [-0.39, 0.29) is 5.91 Å². The molecular weight excluding hydrogens is 250 g/mol. The summed E-state index contributed by atoms with van der Waals surface area (Å²) in [7, 11) is 0. The Morgan fingerprint density at radius 1 is 1.30 bits per heavy atom. The van der Waals surface area contributed by atoms with Crippen LogP contribution in [0.25, 0.3) is 0 Å². The van der Waals surface area contributed by atoms with Gasteiger partial charge in [0.1, 0.15) is 0 Å². The van der Waals surface area contributed by atoms with Gasteiger partial charge in [-0.3, -0.25) is 9.69 Å². The highest BCUT2D eigenvalue weighted by Crippen LogP contribution is 2.26. The number of nitrogens with zero attached hydrogens (tertiary/aromatic N) is 1. The summed E-state index contributed by atoms with van der Waals surface area (Å²) < 4.78 is 0. The van der Waals surface area contributed by atoms with Crippen LogP contribution in [0.2, 0.25) is 0 Å². The lowest BCUT2D eigenvalue weighted by atomic mass is 9.83. The van der Waals surface area contributed by atoms with Gasteiger partial charge in [-0.25, -0.2) is 0 Å². The van der Waals surface area contributed by atoms with E-state index < -0.39 is 0 Å². The third-order valence-electron chi connectivity index (χ3n) is 4.96. The molecule has 1 aliphatic carbocycles. The van der Waals surface area contributed by atoms with Crippen molar-refractivity contribution in [2.45, 2.75) is 70.4 Å². The third kappa shape index (κ3) is 5.06. The van der Waals surface area contributed by atoms with Crippen LogP contribution in [0.15, 0.2) is 0 Å². The largest absolute Gasteiger partial charge is 0.355 e. The molecule has 3 atom stereocenters. The van der Waals surface area contributed by atoms with Crippen LogP contribution in [0.5, 0.6) is 0 Å². The maximum absolute atomic E-state index is 11.9. The first-order valence-electron chi connectivity index (χ1n) is 8.41. The highest BCUT2D eigenvalue weighted by atomic mass is 16.1. The first-order valence-corrected chi connectivity index (χ1v) is 8.41. The molecule has 1 amide bonds. The van der Waals surface area contributed by atoms with Crippen molar-refractivity contribution in [3.8, 4) is 0 Å². The zero-order valence-corrected chi connectivity index (χ0v) is 12.9. The van der Waals surface area contributed by atoms with Gasteiger partial charge in [-0.15, -0.1) is 0 Å². The molecule has 2 aliphatic rings. The van der Waals surface area contributed by atoms with Gasteiger partial charge in [-0.2, -0.15) is 0 Å². The molecular formula is C16H31N3O. The second-order valence-corrected chi connectivity index (χ2v) is 6.73. The number of hydrogen-bond acceptors (Lipinski definition) is 3. The Kier molecular flexibility index (Phi) is 6.30. The fraction of sp³-hybridized carbons (Fsp3) is 0.938. The Labute approximate surface area is 123 Å². The van der Waals surface area contributed by atoms with Crippen LogP contribution < -0.4 is 11.1 Å². The molecule has 0 bridgehead atoms. The molecule has 3 N–H and O–H groups in total. The lowest BCUT2D eigenvalue weighted by Crippen LogP contribution is -2.40. The summed E-state index contributed by atoms with van der Waals surface area (Å²) in [6.07, 6.45) is 9.06. The third-order valence-corrected chi connectivity index (χ3v) is 4.96. The van der Waals surface area contributed by atoms with Gasteiger partial charge in [0.15, 0.2) is 0 Å². The monoisotopic (exact) mass is 281 g/mol. The highest BCUT2D eigenvalue weighted by Gasteiger charge is 2.21. The topological polar surface area (TPSA) is 58.4 Å². The zero-order valence-electron chi connectivity index (χ0n) is 12.9. The fourth-order valence-electron chi connectivity index (χ4n) is 3.59. The number of carbonyl (C=O) groups is 1. The predicted octanol–water partition coefficient (Wildman–Crippen LogP) is 1.88. The highest BCUT2D eigenvalue weighted by molar-refractivity contribution is 5.75. The summed E-state index contributed by atoms with van der Waals surface area (Å²) in [5.74, 6) is 0.885. The summed E-state index contributed by atoms with van der Waals surface area (Å²) >= 11 is 0. The summed E-state index contributed by atoms with van der Waals surface area (Å²) in [6, 6.07) is 0.844. The van der Waals surface area contributed by atoms with E-state index in [1.165, 1.54) is 38.8 Å². The molecule has 1 heterocycles. The molecule has 2 fully saturated rings. The number of nitrogens with one attached hydrogen (secondary N) is 1. The second-order valence-electron chi connectivity index (χ2n) is 6.73. The van der Waals surface area contributed by atoms with Gasteiger partial charge < -0.3 is 11.1 Å². The molecule has 2 rings (SSSR count). The van der Waals surface area contributed by atoms with Crippen molar-refractivity contribution in [2.75, 3.05) is 19.6 Å². The molecule has 0 aromatic rings. The molecule has 0 spiro atoms. The zero-order chi connectivity index (χ0) is 14.4. The molecule has 116 valence electrons. The number of carbonyl (C=O) groups excluding carboxylic acids is 1. The normalized spacial score (nSPS) is 29.3. The van der Waals surface area contributed by atoms with Crippen LogP contribution in [-0.4, -0.2) is 42.5 Å². The summed E-state index contributed by atoms with van der Waals surface area (Å²) in [5.41, 5.74) is 5.99. The molecule has 0 radical (unpaired) electrons. The van der Waals surface area contributed by atoms with E-state index in [4.69, 9.17) is 5.73 Å². The van der Waals surface area contributed by atoms with Crippen LogP contribution in [0.4, 0.5) is 0 Å². The van der Waals surface area contributed by atoms with Crippen LogP contribution in [0, 0.1) is 5.92 Å². The standard InChI is InChI=1S/C16H31N3O/c1-13(19-9-2-3-10-19)12-18-16(20)8-7-14-5-4-6-15(17)11-14/h13-15H,2-12,17H2,1H3,(H,18,20). The lowest BCUT2D eigenvalue weighted by Gasteiger charge is -2.26. The van der Waals surface area contributed by atoms with Crippen molar-refractivity contribution < 1.29 is 4.79 Å². The van der Waals surface area contributed by atoms with E-state index in [2.05, 4.69) is 17.1 Å². The van der Waals surface area contributed by atoms with Crippen molar-refractivity contribution in [2.24, 2.45) is 11.7 Å². The average Bonchev–Trinajstić information content (AvgIpc) is 2.97. The minimum Gasteiger partial charge on any atom is -0.355 e. The number of nitrogens with two attached hydrogens (primary N) is 1. The molecule has 1 aliphatic heterocycles. The van der Waals surface area contributed by atoms with E-state index in [0.29, 0.717) is 24.4 Å². The van der Waals surface area contributed by atoms with Gasteiger partial charge >= 0.3 is 0 Å². The Balaban J connectivity index is 1.57. The molecule has 1 saturated heterocycles. The summed E-state index contributed by atoms with van der Waals surface area (Å²) in [6.45, 7) is 5.39. The molecule has 3 unspecified atom stereocenters. The number of amides is 1. The van der Waals surface area contributed by atoms with Crippen LogP contribution in [-0.2, 0) is 4.79 Å². The Bertz CT molecular complexity index is 294. The summed E-state index contributed by atoms with van der Waals surface area (Å²) in [4.78, 5) is 14.4. The molecule has 0 aromatic heterocycles. The van der Waals surface area contributed by atoms with Crippen molar-refractivity contribution in [1.82, 2.24) is 10.2 Å². The van der Waals surface area contributed by atoms with E-state index in [0.717, 1.165) is 25.8 Å².